The molecule has 1 aromatic carbocycles. The summed E-state index contributed by atoms with van der Waals surface area (Å²) in [6.07, 6.45) is 2.84. The predicted octanol–water partition coefficient (Wildman–Crippen LogP) is 1.72. The van der Waals surface area contributed by atoms with Crippen LogP contribution in [0.2, 0.25) is 5.02 Å². The van der Waals surface area contributed by atoms with Crippen molar-refractivity contribution < 1.29 is 9.72 Å². The van der Waals surface area contributed by atoms with Crippen molar-refractivity contribution in [2.24, 2.45) is 0 Å². The lowest BCUT2D eigenvalue weighted by atomic mass is 10.2. The highest BCUT2D eigenvalue weighted by Gasteiger charge is 2.14. The molecule has 1 N–H and O–H groups in total. The summed E-state index contributed by atoms with van der Waals surface area (Å²) >= 11 is 5.83. The highest BCUT2D eigenvalue weighted by atomic mass is 35.5. The van der Waals surface area contributed by atoms with Gasteiger partial charge in [0.1, 0.15) is 12.9 Å². The number of halogens is 1. The van der Waals surface area contributed by atoms with Crippen molar-refractivity contribution in [2.75, 3.05) is 5.32 Å². The number of aromatic nitrogens is 5. The molecule has 128 valence electrons. The normalized spacial score (nSPS) is 10.6. The Labute approximate surface area is 146 Å². The molecule has 0 atom stereocenters. The average molecular weight is 362 g/mol. The summed E-state index contributed by atoms with van der Waals surface area (Å²) in [6, 6.07) is 8.51. The van der Waals surface area contributed by atoms with Gasteiger partial charge in [0.15, 0.2) is 0 Å². The monoisotopic (exact) mass is 361 g/mol. The first kappa shape index (κ1) is 16.6. The van der Waals surface area contributed by atoms with Crippen LogP contribution in [-0.4, -0.2) is 35.4 Å². The van der Waals surface area contributed by atoms with Crippen molar-refractivity contribution in [1.82, 2.24) is 24.5 Å². The second-order valence-electron chi connectivity index (χ2n) is 5.07. The average Bonchev–Trinajstić information content (AvgIpc) is 3.19. The number of rotatable bonds is 6. The maximum Gasteiger partial charge on any atom is 0.389 e. The minimum Gasteiger partial charge on any atom is -0.358 e. The van der Waals surface area contributed by atoms with Gasteiger partial charge in [-0.05, 0) is 22.6 Å². The Balaban J connectivity index is 1.57. The number of nitro groups is 1. The molecule has 0 fully saturated rings. The summed E-state index contributed by atoms with van der Waals surface area (Å²) in [7, 11) is 0. The Hall–Kier alpha value is -3.27. The third-order valence-electron chi connectivity index (χ3n) is 3.16. The van der Waals surface area contributed by atoms with E-state index in [2.05, 4.69) is 20.5 Å². The van der Waals surface area contributed by atoms with E-state index in [4.69, 9.17) is 11.6 Å². The van der Waals surface area contributed by atoms with E-state index in [0.717, 1.165) is 10.2 Å². The molecule has 0 saturated heterocycles. The van der Waals surface area contributed by atoms with Crippen LogP contribution in [0.3, 0.4) is 0 Å². The standard InChI is InChI=1S/C14H12ClN7O3/c15-11-3-1-10(2-4-11)7-21-9-16-14(19-21)17-13(23)8-20-6-5-12(18-20)22(24)25/h1-6,9H,7-8H2,(H,17,19,23). The molecular formula is C14H12ClN7O3. The molecule has 0 aliphatic heterocycles. The van der Waals surface area contributed by atoms with Crippen molar-refractivity contribution >= 4 is 29.3 Å². The third-order valence-corrected chi connectivity index (χ3v) is 3.42. The third kappa shape index (κ3) is 4.38. The largest absolute Gasteiger partial charge is 0.389 e. The Kier molecular flexibility index (Phi) is 4.70. The summed E-state index contributed by atoms with van der Waals surface area (Å²) in [5.74, 6) is -0.624. The minimum atomic E-state index is -0.631. The van der Waals surface area contributed by atoms with E-state index in [0.29, 0.717) is 11.6 Å². The van der Waals surface area contributed by atoms with Gasteiger partial charge < -0.3 is 10.1 Å². The Bertz CT molecular complexity index is 903. The molecule has 0 aliphatic carbocycles. The van der Waals surface area contributed by atoms with Gasteiger partial charge in [-0.15, -0.1) is 5.10 Å². The van der Waals surface area contributed by atoms with Crippen molar-refractivity contribution in [2.45, 2.75) is 13.1 Å². The first-order chi connectivity index (χ1) is 12.0. The van der Waals surface area contributed by atoms with Gasteiger partial charge in [-0.2, -0.15) is 4.68 Å². The van der Waals surface area contributed by atoms with Gasteiger partial charge in [-0.3, -0.25) is 10.1 Å². The zero-order valence-electron chi connectivity index (χ0n) is 12.7. The highest BCUT2D eigenvalue weighted by molar-refractivity contribution is 6.30. The van der Waals surface area contributed by atoms with Crippen LogP contribution in [0.5, 0.6) is 0 Å². The van der Waals surface area contributed by atoms with Crippen LogP contribution in [0, 0.1) is 10.1 Å². The van der Waals surface area contributed by atoms with Gasteiger partial charge in [-0.25, -0.2) is 9.67 Å². The Morgan fingerprint density at radius 1 is 1.20 bits per heavy atom. The molecular weight excluding hydrogens is 350 g/mol. The van der Waals surface area contributed by atoms with E-state index < -0.39 is 10.8 Å². The molecule has 2 aromatic heterocycles. The molecule has 1 amide bonds. The second kappa shape index (κ2) is 7.09. The van der Waals surface area contributed by atoms with Gasteiger partial charge >= 0.3 is 5.82 Å². The number of hydrogen-bond donors (Lipinski definition) is 1. The van der Waals surface area contributed by atoms with Crippen molar-refractivity contribution in [3.05, 3.63) is 63.6 Å². The maximum absolute atomic E-state index is 11.9. The molecule has 11 heteroatoms. The quantitative estimate of drug-likeness (QED) is 0.527. The predicted molar refractivity (Wildman–Crippen MR) is 88.1 cm³/mol. The van der Waals surface area contributed by atoms with E-state index in [-0.39, 0.29) is 18.3 Å². The molecule has 3 aromatic rings. The van der Waals surface area contributed by atoms with Gasteiger partial charge in [0, 0.05) is 5.02 Å². The first-order valence-corrected chi connectivity index (χ1v) is 7.49. The van der Waals surface area contributed by atoms with Gasteiger partial charge in [0.05, 0.1) is 23.9 Å². The number of carbonyl (C=O) groups excluding carboxylic acids is 1. The number of hydrogen-bond acceptors (Lipinski definition) is 6. The van der Waals surface area contributed by atoms with Crippen LogP contribution in [0.25, 0.3) is 0 Å². The number of anilines is 1. The lowest BCUT2D eigenvalue weighted by Gasteiger charge is -2.01. The molecule has 3 rings (SSSR count). The molecule has 0 aliphatic rings. The Morgan fingerprint density at radius 2 is 1.96 bits per heavy atom. The van der Waals surface area contributed by atoms with E-state index in [9.17, 15) is 14.9 Å². The van der Waals surface area contributed by atoms with E-state index in [1.54, 1.807) is 16.8 Å². The zero-order valence-corrected chi connectivity index (χ0v) is 13.5. The Morgan fingerprint density at radius 3 is 2.64 bits per heavy atom. The molecule has 0 bridgehead atoms. The lowest BCUT2D eigenvalue weighted by Crippen LogP contribution is -2.20. The van der Waals surface area contributed by atoms with Crippen LogP contribution in [0.4, 0.5) is 11.8 Å². The number of nitrogens with one attached hydrogen (secondary N) is 1. The van der Waals surface area contributed by atoms with E-state index in [1.807, 2.05) is 12.1 Å². The lowest BCUT2D eigenvalue weighted by molar-refractivity contribution is -0.389. The van der Waals surface area contributed by atoms with Crippen LogP contribution < -0.4 is 5.32 Å². The fourth-order valence-corrected chi connectivity index (χ4v) is 2.18. The highest BCUT2D eigenvalue weighted by Crippen LogP contribution is 2.11. The summed E-state index contributed by atoms with van der Waals surface area (Å²) in [5.41, 5.74) is 0.982. The van der Waals surface area contributed by atoms with Gasteiger partial charge in [0.2, 0.25) is 5.95 Å². The summed E-state index contributed by atoms with van der Waals surface area (Å²) in [6.45, 7) is 0.297. The van der Waals surface area contributed by atoms with Crippen LogP contribution in [0.15, 0.2) is 42.9 Å². The smallest absolute Gasteiger partial charge is 0.358 e. The summed E-state index contributed by atoms with van der Waals surface area (Å²) in [4.78, 5) is 25.9. The van der Waals surface area contributed by atoms with Crippen LogP contribution in [-0.2, 0) is 17.9 Å². The summed E-state index contributed by atoms with van der Waals surface area (Å²) in [5, 5.41) is 21.5. The van der Waals surface area contributed by atoms with Crippen LogP contribution in [0.1, 0.15) is 5.56 Å². The number of carbonyl (C=O) groups is 1. The van der Waals surface area contributed by atoms with Crippen molar-refractivity contribution in [3.63, 3.8) is 0 Å². The SMILES string of the molecule is O=C(Cn1ccc([N+](=O)[O-])n1)Nc1ncn(Cc2ccc(Cl)cc2)n1. The van der Waals surface area contributed by atoms with Crippen LogP contribution >= 0.6 is 11.6 Å². The molecule has 0 spiro atoms. The topological polar surface area (TPSA) is 121 Å². The fraction of sp³-hybridized carbons (Fsp3) is 0.143. The molecule has 0 saturated carbocycles. The minimum absolute atomic E-state index is 0.139. The molecule has 10 nitrogen and oxygen atoms in total. The maximum atomic E-state index is 11.9. The van der Waals surface area contributed by atoms with E-state index >= 15 is 0 Å². The second-order valence-corrected chi connectivity index (χ2v) is 5.51. The molecule has 0 unspecified atom stereocenters. The van der Waals surface area contributed by atoms with Gasteiger partial charge in [-0.1, -0.05) is 23.7 Å². The van der Waals surface area contributed by atoms with E-state index in [1.165, 1.54) is 18.6 Å². The van der Waals surface area contributed by atoms with Crippen molar-refractivity contribution in [3.8, 4) is 0 Å². The zero-order chi connectivity index (χ0) is 17.8. The molecule has 0 radical (unpaired) electrons. The summed E-state index contributed by atoms with van der Waals surface area (Å²) < 4.78 is 2.73. The first-order valence-electron chi connectivity index (χ1n) is 7.11. The number of benzene rings is 1. The molecule has 2 heterocycles. The van der Waals surface area contributed by atoms with Crippen molar-refractivity contribution in [1.29, 1.82) is 0 Å². The number of amides is 1. The fourth-order valence-electron chi connectivity index (χ4n) is 2.05. The number of nitrogens with zero attached hydrogens (tertiary/aromatic N) is 6. The van der Waals surface area contributed by atoms with Gasteiger partial charge in [0.25, 0.3) is 5.91 Å². The molecule has 25 heavy (non-hydrogen) atoms.